The lowest BCUT2D eigenvalue weighted by atomic mass is 10.2. The van der Waals surface area contributed by atoms with Gasteiger partial charge in [0.25, 0.3) is 0 Å². The third kappa shape index (κ3) is 4.89. The Kier molecular flexibility index (Phi) is 6.03. The van der Waals surface area contributed by atoms with Crippen molar-refractivity contribution in [3.05, 3.63) is 35.1 Å². The fraction of sp³-hybridized carbons (Fsp3) is 0.438. The molecule has 6 heteroatoms. The molecule has 0 saturated heterocycles. The fourth-order valence-corrected chi connectivity index (χ4v) is 3.11. The van der Waals surface area contributed by atoms with Crippen LogP contribution in [-0.2, 0) is 11.2 Å². The van der Waals surface area contributed by atoms with Gasteiger partial charge in [-0.25, -0.2) is 4.98 Å². The molecule has 0 atom stereocenters. The maximum absolute atomic E-state index is 12.0. The summed E-state index contributed by atoms with van der Waals surface area (Å²) in [5.74, 6) is 0.0618. The SMILES string of the molecule is Cc1nc(-c2ccncc2)sc1CC(=O)NCCCN(C)C. The second kappa shape index (κ2) is 8.00. The zero-order valence-corrected chi connectivity index (χ0v) is 14.1. The van der Waals surface area contributed by atoms with E-state index in [9.17, 15) is 4.79 Å². The van der Waals surface area contributed by atoms with Crippen molar-refractivity contribution >= 4 is 17.2 Å². The van der Waals surface area contributed by atoms with E-state index in [4.69, 9.17) is 0 Å². The molecule has 0 radical (unpaired) electrons. The van der Waals surface area contributed by atoms with Crippen molar-refractivity contribution in [1.82, 2.24) is 20.2 Å². The first-order valence-corrected chi connectivity index (χ1v) is 8.16. The molecule has 118 valence electrons. The second-order valence-electron chi connectivity index (χ2n) is 5.45. The Bertz CT molecular complexity index is 610. The summed E-state index contributed by atoms with van der Waals surface area (Å²) >= 11 is 1.58. The maximum atomic E-state index is 12.0. The van der Waals surface area contributed by atoms with Crippen LogP contribution >= 0.6 is 11.3 Å². The van der Waals surface area contributed by atoms with E-state index in [0.29, 0.717) is 13.0 Å². The van der Waals surface area contributed by atoms with E-state index in [2.05, 4.69) is 20.2 Å². The molecule has 2 aromatic heterocycles. The van der Waals surface area contributed by atoms with Crippen LogP contribution in [0.5, 0.6) is 0 Å². The first kappa shape index (κ1) is 16.6. The summed E-state index contributed by atoms with van der Waals surface area (Å²) in [4.78, 5) is 23.7. The first-order chi connectivity index (χ1) is 10.6. The molecular formula is C16H22N4OS. The van der Waals surface area contributed by atoms with Crippen LogP contribution in [0.25, 0.3) is 10.6 Å². The van der Waals surface area contributed by atoms with Gasteiger partial charge in [-0.3, -0.25) is 9.78 Å². The highest BCUT2D eigenvalue weighted by Crippen LogP contribution is 2.27. The van der Waals surface area contributed by atoms with Gasteiger partial charge in [0.05, 0.1) is 12.1 Å². The number of pyridine rings is 1. The summed E-state index contributed by atoms with van der Waals surface area (Å²) in [6.07, 6.45) is 4.87. The highest BCUT2D eigenvalue weighted by molar-refractivity contribution is 7.15. The number of carbonyl (C=O) groups excluding carboxylic acids is 1. The molecule has 22 heavy (non-hydrogen) atoms. The van der Waals surface area contributed by atoms with Crippen molar-refractivity contribution in [3.8, 4) is 10.6 Å². The number of aryl methyl sites for hydroxylation is 1. The summed E-state index contributed by atoms with van der Waals surface area (Å²) < 4.78 is 0. The Labute approximate surface area is 135 Å². The van der Waals surface area contributed by atoms with Gasteiger partial charge in [0, 0.05) is 29.4 Å². The van der Waals surface area contributed by atoms with E-state index in [1.165, 1.54) is 0 Å². The molecule has 0 aliphatic carbocycles. The van der Waals surface area contributed by atoms with Gasteiger partial charge in [-0.2, -0.15) is 0 Å². The number of amides is 1. The van der Waals surface area contributed by atoms with E-state index in [0.717, 1.165) is 34.1 Å². The zero-order valence-electron chi connectivity index (χ0n) is 13.3. The lowest BCUT2D eigenvalue weighted by Gasteiger charge is -2.09. The molecule has 0 spiro atoms. The lowest BCUT2D eigenvalue weighted by molar-refractivity contribution is -0.120. The number of carbonyl (C=O) groups is 1. The summed E-state index contributed by atoms with van der Waals surface area (Å²) in [5, 5.41) is 3.91. The van der Waals surface area contributed by atoms with Crippen LogP contribution in [0.1, 0.15) is 17.0 Å². The average Bonchev–Trinajstić information content (AvgIpc) is 2.85. The van der Waals surface area contributed by atoms with Gasteiger partial charge >= 0.3 is 0 Å². The number of thiazole rings is 1. The lowest BCUT2D eigenvalue weighted by Crippen LogP contribution is -2.28. The number of nitrogens with one attached hydrogen (secondary N) is 1. The Morgan fingerprint density at radius 2 is 2.05 bits per heavy atom. The van der Waals surface area contributed by atoms with Gasteiger partial charge < -0.3 is 10.2 Å². The van der Waals surface area contributed by atoms with Crippen molar-refractivity contribution in [2.75, 3.05) is 27.2 Å². The molecule has 1 N–H and O–H groups in total. The second-order valence-corrected chi connectivity index (χ2v) is 6.53. The molecule has 5 nitrogen and oxygen atoms in total. The third-order valence-corrected chi connectivity index (χ3v) is 4.45. The van der Waals surface area contributed by atoms with E-state index >= 15 is 0 Å². The molecule has 0 aliphatic heterocycles. The number of rotatable bonds is 7. The number of nitrogens with zero attached hydrogens (tertiary/aromatic N) is 3. The smallest absolute Gasteiger partial charge is 0.225 e. The largest absolute Gasteiger partial charge is 0.356 e. The van der Waals surface area contributed by atoms with E-state index in [1.807, 2.05) is 33.2 Å². The van der Waals surface area contributed by atoms with Gasteiger partial charge in [0.1, 0.15) is 5.01 Å². The Morgan fingerprint density at radius 3 is 2.73 bits per heavy atom. The number of hydrogen-bond acceptors (Lipinski definition) is 5. The van der Waals surface area contributed by atoms with Crippen LogP contribution in [0.2, 0.25) is 0 Å². The molecule has 1 amide bonds. The Balaban J connectivity index is 1.90. The van der Waals surface area contributed by atoms with Gasteiger partial charge in [-0.05, 0) is 46.1 Å². The minimum absolute atomic E-state index is 0.0618. The van der Waals surface area contributed by atoms with Crippen LogP contribution in [-0.4, -0.2) is 48.0 Å². The van der Waals surface area contributed by atoms with Crippen LogP contribution < -0.4 is 5.32 Å². The van der Waals surface area contributed by atoms with Gasteiger partial charge in [-0.1, -0.05) is 0 Å². The van der Waals surface area contributed by atoms with Crippen molar-refractivity contribution in [1.29, 1.82) is 0 Å². The normalized spacial score (nSPS) is 10.9. The quantitative estimate of drug-likeness (QED) is 0.795. The number of aromatic nitrogens is 2. The minimum atomic E-state index is 0.0618. The van der Waals surface area contributed by atoms with Crippen molar-refractivity contribution in [3.63, 3.8) is 0 Å². The van der Waals surface area contributed by atoms with E-state index < -0.39 is 0 Å². The van der Waals surface area contributed by atoms with Crippen LogP contribution in [0.4, 0.5) is 0 Å². The maximum Gasteiger partial charge on any atom is 0.225 e. The molecule has 0 fully saturated rings. The molecule has 2 rings (SSSR count). The topological polar surface area (TPSA) is 58.1 Å². The Hall–Kier alpha value is -1.79. The molecular weight excluding hydrogens is 296 g/mol. The zero-order chi connectivity index (χ0) is 15.9. The molecule has 0 aliphatic rings. The summed E-state index contributed by atoms with van der Waals surface area (Å²) in [5.41, 5.74) is 1.97. The molecule has 2 heterocycles. The minimum Gasteiger partial charge on any atom is -0.356 e. The highest BCUT2D eigenvalue weighted by atomic mass is 32.1. The third-order valence-electron chi connectivity index (χ3n) is 3.25. The van der Waals surface area contributed by atoms with Crippen molar-refractivity contribution in [2.45, 2.75) is 19.8 Å². The first-order valence-electron chi connectivity index (χ1n) is 7.34. The predicted molar refractivity (Wildman–Crippen MR) is 90.0 cm³/mol. The van der Waals surface area contributed by atoms with Crippen LogP contribution in [0.15, 0.2) is 24.5 Å². The summed E-state index contributed by atoms with van der Waals surface area (Å²) in [7, 11) is 4.06. The molecule has 2 aromatic rings. The Morgan fingerprint density at radius 1 is 1.32 bits per heavy atom. The van der Waals surface area contributed by atoms with Gasteiger partial charge in [0.2, 0.25) is 5.91 Å². The summed E-state index contributed by atoms with van der Waals surface area (Å²) in [6, 6.07) is 3.87. The fourth-order valence-electron chi connectivity index (χ4n) is 2.04. The van der Waals surface area contributed by atoms with Crippen molar-refractivity contribution in [2.24, 2.45) is 0 Å². The van der Waals surface area contributed by atoms with Crippen LogP contribution in [0, 0.1) is 6.92 Å². The predicted octanol–water partition coefficient (Wildman–Crippen LogP) is 2.12. The average molecular weight is 318 g/mol. The highest BCUT2D eigenvalue weighted by Gasteiger charge is 2.12. The standard InChI is InChI=1S/C16H22N4OS/c1-12-14(11-15(21)18-7-4-10-20(2)3)22-16(19-12)13-5-8-17-9-6-13/h5-6,8-9H,4,7,10-11H2,1-3H3,(H,18,21). The van der Waals surface area contributed by atoms with E-state index in [1.54, 1.807) is 23.7 Å². The molecule has 0 unspecified atom stereocenters. The van der Waals surface area contributed by atoms with Crippen molar-refractivity contribution < 1.29 is 4.79 Å². The van der Waals surface area contributed by atoms with Gasteiger partial charge in [-0.15, -0.1) is 11.3 Å². The van der Waals surface area contributed by atoms with Gasteiger partial charge in [0.15, 0.2) is 0 Å². The summed E-state index contributed by atoms with van der Waals surface area (Å²) in [6.45, 7) is 3.65. The molecule has 0 bridgehead atoms. The van der Waals surface area contributed by atoms with E-state index in [-0.39, 0.29) is 5.91 Å². The molecule has 0 aromatic carbocycles. The number of hydrogen-bond donors (Lipinski definition) is 1. The molecule has 0 saturated carbocycles. The monoisotopic (exact) mass is 318 g/mol. The van der Waals surface area contributed by atoms with Crippen LogP contribution in [0.3, 0.4) is 0 Å².